The zero-order valence-electron chi connectivity index (χ0n) is 9.54. The van der Waals surface area contributed by atoms with E-state index in [0.717, 1.165) is 26.1 Å². The first-order valence-electron chi connectivity index (χ1n) is 5.08. The average molecular weight is 205 g/mol. The van der Waals surface area contributed by atoms with Crippen LogP contribution in [0.15, 0.2) is 0 Å². The Morgan fingerprint density at radius 2 is 1.86 bits per heavy atom. The van der Waals surface area contributed by atoms with E-state index in [1.807, 2.05) is 7.05 Å². The van der Waals surface area contributed by atoms with E-state index < -0.39 is 0 Å². The van der Waals surface area contributed by atoms with Gasteiger partial charge >= 0.3 is 0 Å². The molecule has 0 fully saturated rings. The maximum atomic E-state index is 5.35. The van der Waals surface area contributed by atoms with Gasteiger partial charge in [-0.2, -0.15) is 0 Å². The second-order valence-corrected chi connectivity index (χ2v) is 3.19. The maximum Gasteiger partial charge on any atom is 0.0700 e. The summed E-state index contributed by atoms with van der Waals surface area (Å²) in [4.78, 5) is 0. The Kier molecular flexibility index (Phi) is 10.8. The molecule has 0 amide bonds. The highest BCUT2D eigenvalue weighted by molar-refractivity contribution is 4.62. The third-order valence-electron chi connectivity index (χ3n) is 2.05. The van der Waals surface area contributed by atoms with Crippen molar-refractivity contribution in [2.75, 3.05) is 47.7 Å². The van der Waals surface area contributed by atoms with Crippen molar-refractivity contribution in [3.63, 3.8) is 0 Å². The lowest BCUT2D eigenvalue weighted by molar-refractivity contribution is 0.0661. The predicted molar refractivity (Wildman–Crippen MR) is 56.7 cm³/mol. The second-order valence-electron chi connectivity index (χ2n) is 3.19. The summed E-state index contributed by atoms with van der Waals surface area (Å²) in [5, 5.41) is 3.20. The summed E-state index contributed by atoms with van der Waals surface area (Å²) in [5.41, 5.74) is 0. The number of methoxy groups -OCH3 is 2. The van der Waals surface area contributed by atoms with Gasteiger partial charge in [0.1, 0.15) is 0 Å². The molecule has 1 atom stereocenters. The summed E-state index contributed by atoms with van der Waals surface area (Å²) in [6.07, 6.45) is 2.13. The molecule has 0 aliphatic heterocycles. The van der Waals surface area contributed by atoms with E-state index in [9.17, 15) is 0 Å². The van der Waals surface area contributed by atoms with Gasteiger partial charge < -0.3 is 19.5 Å². The molecule has 0 heterocycles. The molecule has 4 nitrogen and oxygen atoms in total. The molecule has 0 aliphatic rings. The summed E-state index contributed by atoms with van der Waals surface area (Å²) in [6, 6.07) is 0.436. The van der Waals surface area contributed by atoms with E-state index in [0.29, 0.717) is 19.3 Å². The molecular formula is C10H23NO3. The Morgan fingerprint density at radius 3 is 2.43 bits per heavy atom. The van der Waals surface area contributed by atoms with Crippen molar-refractivity contribution in [2.24, 2.45) is 0 Å². The quantitative estimate of drug-likeness (QED) is 0.532. The van der Waals surface area contributed by atoms with Gasteiger partial charge in [-0.1, -0.05) is 0 Å². The predicted octanol–water partition coefficient (Wildman–Crippen LogP) is 0.664. The van der Waals surface area contributed by atoms with Gasteiger partial charge in [0.05, 0.1) is 19.8 Å². The molecule has 0 saturated carbocycles. The molecule has 1 N–H and O–H groups in total. The summed E-state index contributed by atoms with van der Waals surface area (Å²) in [6.45, 7) is 2.92. The highest BCUT2D eigenvalue weighted by Crippen LogP contribution is 1.97. The standard InChI is InChI=1S/C10H23NO3/c1-11-10(9-13-3)5-4-6-14-8-7-12-2/h10-11H,4-9H2,1-3H3. The van der Waals surface area contributed by atoms with Crippen molar-refractivity contribution in [1.29, 1.82) is 0 Å². The molecule has 1 unspecified atom stereocenters. The molecule has 0 saturated heterocycles. The Morgan fingerprint density at radius 1 is 1.07 bits per heavy atom. The highest BCUT2D eigenvalue weighted by atomic mass is 16.5. The zero-order chi connectivity index (χ0) is 10.6. The minimum atomic E-state index is 0.436. The van der Waals surface area contributed by atoms with Gasteiger partial charge in [0.25, 0.3) is 0 Å². The van der Waals surface area contributed by atoms with Crippen LogP contribution in [0.1, 0.15) is 12.8 Å². The topological polar surface area (TPSA) is 39.7 Å². The van der Waals surface area contributed by atoms with E-state index in [2.05, 4.69) is 5.32 Å². The van der Waals surface area contributed by atoms with E-state index >= 15 is 0 Å². The van der Waals surface area contributed by atoms with Crippen molar-refractivity contribution in [3.8, 4) is 0 Å². The third-order valence-corrected chi connectivity index (χ3v) is 2.05. The molecular weight excluding hydrogens is 182 g/mol. The van der Waals surface area contributed by atoms with Gasteiger partial charge in [0.2, 0.25) is 0 Å². The molecule has 0 aromatic carbocycles. The fraction of sp³-hybridized carbons (Fsp3) is 1.00. The molecule has 0 aromatic rings. The van der Waals surface area contributed by atoms with Crippen molar-refractivity contribution >= 4 is 0 Å². The smallest absolute Gasteiger partial charge is 0.0700 e. The largest absolute Gasteiger partial charge is 0.383 e. The fourth-order valence-corrected chi connectivity index (χ4v) is 1.19. The van der Waals surface area contributed by atoms with Gasteiger partial charge in [0, 0.05) is 26.9 Å². The first-order valence-corrected chi connectivity index (χ1v) is 5.08. The SMILES string of the molecule is CNC(CCCOCCOC)COC. The minimum Gasteiger partial charge on any atom is -0.383 e. The number of rotatable bonds is 10. The summed E-state index contributed by atoms with van der Waals surface area (Å²) in [7, 11) is 5.36. The van der Waals surface area contributed by atoms with Crippen molar-refractivity contribution in [3.05, 3.63) is 0 Å². The van der Waals surface area contributed by atoms with E-state index in [4.69, 9.17) is 14.2 Å². The van der Waals surface area contributed by atoms with Crippen LogP contribution >= 0.6 is 0 Å². The zero-order valence-corrected chi connectivity index (χ0v) is 9.54. The van der Waals surface area contributed by atoms with Crippen LogP contribution in [-0.4, -0.2) is 53.7 Å². The van der Waals surface area contributed by atoms with Crippen LogP contribution in [0.5, 0.6) is 0 Å². The normalized spacial score (nSPS) is 13.1. The van der Waals surface area contributed by atoms with Gasteiger partial charge in [-0.3, -0.25) is 0 Å². The van der Waals surface area contributed by atoms with Crippen LogP contribution in [0, 0.1) is 0 Å². The van der Waals surface area contributed by atoms with Gasteiger partial charge in [-0.05, 0) is 19.9 Å². The molecule has 0 bridgehead atoms. The van der Waals surface area contributed by atoms with E-state index in [1.54, 1.807) is 14.2 Å². The summed E-state index contributed by atoms with van der Waals surface area (Å²) < 4.78 is 15.3. The number of nitrogens with one attached hydrogen (secondary N) is 1. The first-order chi connectivity index (χ1) is 6.85. The van der Waals surface area contributed by atoms with Crippen LogP contribution in [0.25, 0.3) is 0 Å². The molecule has 0 aromatic heterocycles. The van der Waals surface area contributed by atoms with Gasteiger partial charge in [-0.25, -0.2) is 0 Å². The van der Waals surface area contributed by atoms with Crippen LogP contribution in [-0.2, 0) is 14.2 Å². The molecule has 0 aliphatic carbocycles. The van der Waals surface area contributed by atoms with Crippen molar-refractivity contribution in [2.45, 2.75) is 18.9 Å². The molecule has 0 spiro atoms. The van der Waals surface area contributed by atoms with Crippen LogP contribution < -0.4 is 5.32 Å². The first kappa shape index (κ1) is 13.8. The van der Waals surface area contributed by atoms with E-state index in [-0.39, 0.29) is 0 Å². The Balaban J connectivity index is 3.15. The number of hydrogen-bond donors (Lipinski definition) is 1. The van der Waals surface area contributed by atoms with Gasteiger partial charge in [0.15, 0.2) is 0 Å². The summed E-state index contributed by atoms with van der Waals surface area (Å²) >= 11 is 0. The molecule has 0 rings (SSSR count). The third kappa shape index (κ3) is 8.44. The Hall–Kier alpha value is -0.160. The second kappa shape index (κ2) is 10.9. The Bertz CT molecular complexity index is 112. The lowest BCUT2D eigenvalue weighted by Crippen LogP contribution is -2.30. The fourth-order valence-electron chi connectivity index (χ4n) is 1.19. The Labute approximate surface area is 86.9 Å². The lowest BCUT2D eigenvalue weighted by Gasteiger charge is -2.14. The molecule has 4 heteroatoms. The molecule has 0 radical (unpaired) electrons. The maximum absolute atomic E-state index is 5.35. The minimum absolute atomic E-state index is 0.436. The van der Waals surface area contributed by atoms with Crippen LogP contribution in [0.4, 0.5) is 0 Å². The van der Waals surface area contributed by atoms with Crippen molar-refractivity contribution < 1.29 is 14.2 Å². The monoisotopic (exact) mass is 205 g/mol. The van der Waals surface area contributed by atoms with Gasteiger partial charge in [-0.15, -0.1) is 0 Å². The highest BCUT2D eigenvalue weighted by Gasteiger charge is 2.03. The van der Waals surface area contributed by atoms with E-state index in [1.165, 1.54) is 0 Å². The summed E-state index contributed by atoms with van der Waals surface area (Å²) in [5.74, 6) is 0. The molecule has 14 heavy (non-hydrogen) atoms. The van der Waals surface area contributed by atoms with Crippen LogP contribution in [0.3, 0.4) is 0 Å². The number of hydrogen-bond acceptors (Lipinski definition) is 4. The molecule has 86 valence electrons. The average Bonchev–Trinajstić information content (AvgIpc) is 2.21. The van der Waals surface area contributed by atoms with Crippen molar-refractivity contribution in [1.82, 2.24) is 5.32 Å². The number of likely N-dealkylation sites (N-methyl/N-ethyl adjacent to an activating group) is 1. The number of ether oxygens (including phenoxy) is 3. The van der Waals surface area contributed by atoms with Crippen LogP contribution in [0.2, 0.25) is 0 Å². The lowest BCUT2D eigenvalue weighted by atomic mass is 10.2.